The molecule has 2 rings (SSSR count). The van der Waals surface area contributed by atoms with Gasteiger partial charge in [-0.2, -0.15) is 0 Å². The molecule has 1 aromatic rings. The van der Waals surface area contributed by atoms with Gasteiger partial charge in [0, 0.05) is 5.02 Å². The van der Waals surface area contributed by atoms with E-state index in [1.54, 1.807) is 0 Å². The highest BCUT2D eigenvalue weighted by atomic mass is 35.5. The van der Waals surface area contributed by atoms with Crippen molar-refractivity contribution in [2.75, 3.05) is 0 Å². The van der Waals surface area contributed by atoms with Crippen LogP contribution in [0.2, 0.25) is 5.02 Å². The Morgan fingerprint density at radius 1 is 1.38 bits per heavy atom. The van der Waals surface area contributed by atoms with Crippen molar-refractivity contribution in [3.63, 3.8) is 0 Å². The van der Waals surface area contributed by atoms with Crippen LogP contribution in [0.25, 0.3) is 0 Å². The summed E-state index contributed by atoms with van der Waals surface area (Å²) in [6.07, 6.45) is 6.08. The first-order valence-electron chi connectivity index (χ1n) is 7.99. The Kier molecular flexibility index (Phi) is 5.69. The zero-order valence-electron chi connectivity index (χ0n) is 12.9. The van der Waals surface area contributed by atoms with Crippen LogP contribution < -0.4 is 0 Å². The van der Waals surface area contributed by atoms with Crippen molar-refractivity contribution in [3.8, 4) is 0 Å². The second kappa shape index (κ2) is 7.31. The molecule has 116 valence electrons. The minimum absolute atomic E-state index is 0.213. The van der Waals surface area contributed by atoms with E-state index in [9.17, 15) is 9.90 Å². The monoisotopic (exact) mass is 308 g/mol. The molecule has 0 aliphatic heterocycles. The van der Waals surface area contributed by atoms with E-state index in [1.165, 1.54) is 12.8 Å². The number of aliphatic carboxylic acids is 1. The van der Waals surface area contributed by atoms with E-state index in [-0.39, 0.29) is 11.8 Å². The van der Waals surface area contributed by atoms with Crippen molar-refractivity contribution in [1.29, 1.82) is 0 Å². The number of benzene rings is 1. The Morgan fingerprint density at radius 2 is 2.14 bits per heavy atom. The standard InChI is InChI=1S/C18H25ClO2/c1-3-4-13-6-8-16(18(20)21)15(10-13)11-14-7-5-12(2)9-17(14)19/h5,7,9,13,15-16H,3-4,6,8,10-11H2,1-2H3,(H,20,21). The molecule has 21 heavy (non-hydrogen) atoms. The lowest BCUT2D eigenvalue weighted by Gasteiger charge is -2.34. The minimum Gasteiger partial charge on any atom is -0.481 e. The molecule has 1 fully saturated rings. The van der Waals surface area contributed by atoms with Gasteiger partial charge in [0.1, 0.15) is 0 Å². The smallest absolute Gasteiger partial charge is 0.306 e. The summed E-state index contributed by atoms with van der Waals surface area (Å²) in [5.74, 6) is 0.0430. The second-order valence-electron chi connectivity index (χ2n) is 6.47. The maximum atomic E-state index is 11.5. The van der Waals surface area contributed by atoms with Crippen molar-refractivity contribution in [2.45, 2.75) is 52.4 Å². The average molecular weight is 309 g/mol. The molecule has 3 heteroatoms. The van der Waals surface area contributed by atoms with Gasteiger partial charge in [-0.05, 0) is 61.6 Å². The maximum absolute atomic E-state index is 11.5. The van der Waals surface area contributed by atoms with Gasteiger partial charge in [-0.3, -0.25) is 4.79 Å². The predicted octanol–water partition coefficient (Wildman–Crippen LogP) is 5.11. The molecule has 0 amide bonds. The Balaban J connectivity index is 2.13. The van der Waals surface area contributed by atoms with Crippen molar-refractivity contribution < 1.29 is 9.90 Å². The fourth-order valence-corrected chi connectivity index (χ4v) is 3.99. The first-order valence-corrected chi connectivity index (χ1v) is 8.36. The zero-order valence-corrected chi connectivity index (χ0v) is 13.7. The first kappa shape index (κ1) is 16.4. The summed E-state index contributed by atoms with van der Waals surface area (Å²) in [7, 11) is 0. The van der Waals surface area contributed by atoms with Crippen LogP contribution in [0.1, 0.15) is 50.2 Å². The van der Waals surface area contributed by atoms with Crippen LogP contribution in [-0.4, -0.2) is 11.1 Å². The summed E-state index contributed by atoms with van der Waals surface area (Å²) in [5, 5.41) is 10.3. The molecule has 3 atom stereocenters. The molecule has 0 saturated heterocycles. The molecule has 2 nitrogen and oxygen atoms in total. The largest absolute Gasteiger partial charge is 0.481 e. The fraction of sp³-hybridized carbons (Fsp3) is 0.611. The minimum atomic E-state index is -0.641. The van der Waals surface area contributed by atoms with Crippen LogP contribution in [-0.2, 0) is 11.2 Å². The van der Waals surface area contributed by atoms with Gasteiger partial charge in [0.2, 0.25) is 0 Å². The van der Waals surface area contributed by atoms with Gasteiger partial charge in [-0.25, -0.2) is 0 Å². The third kappa shape index (κ3) is 4.23. The van der Waals surface area contributed by atoms with Gasteiger partial charge >= 0.3 is 5.97 Å². The Hall–Kier alpha value is -1.02. The van der Waals surface area contributed by atoms with Crippen LogP contribution in [0.3, 0.4) is 0 Å². The number of carbonyl (C=O) groups is 1. The molecular weight excluding hydrogens is 284 g/mol. The molecule has 1 aliphatic rings. The van der Waals surface area contributed by atoms with E-state index in [0.29, 0.717) is 5.92 Å². The average Bonchev–Trinajstić information content (AvgIpc) is 2.42. The third-order valence-corrected chi connectivity index (χ3v) is 5.15. The quantitative estimate of drug-likeness (QED) is 0.821. The van der Waals surface area contributed by atoms with E-state index in [4.69, 9.17) is 11.6 Å². The molecule has 3 unspecified atom stereocenters. The molecule has 1 N–H and O–H groups in total. The summed E-state index contributed by atoms with van der Waals surface area (Å²) in [6, 6.07) is 6.09. The number of hydrogen-bond acceptors (Lipinski definition) is 1. The Morgan fingerprint density at radius 3 is 2.76 bits per heavy atom. The Labute approximate surface area is 132 Å². The summed E-state index contributed by atoms with van der Waals surface area (Å²) in [6.45, 7) is 4.22. The Bertz CT molecular complexity index is 498. The van der Waals surface area contributed by atoms with Crippen LogP contribution in [0.5, 0.6) is 0 Å². The zero-order chi connectivity index (χ0) is 15.4. The topological polar surface area (TPSA) is 37.3 Å². The SMILES string of the molecule is CCCC1CCC(C(=O)O)C(Cc2ccc(C)cc2Cl)C1. The van der Waals surface area contributed by atoms with Gasteiger partial charge in [-0.1, -0.05) is 43.5 Å². The normalized spacial score (nSPS) is 25.8. The summed E-state index contributed by atoms with van der Waals surface area (Å²) in [5.41, 5.74) is 2.24. The van der Waals surface area contributed by atoms with Gasteiger partial charge in [0.15, 0.2) is 0 Å². The van der Waals surface area contributed by atoms with Gasteiger partial charge in [0.25, 0.3) is 0 Å². The van der Waals surface area contributed by atoms with Crippen LogP contribution >= 0.6 is 11.6 Å². The van der Waals surface area contributed by atoms with E-state index in [0.717, 1.165) is 41.8 Å². The molecule has 0 radical (unpaired) electrons. The number of carboxylic acids is 1. The van der Waals surface area contributed by atoms with Crippen LogP contribution in [0, 0.1) is 24.7 Å². The number of rotatable bonds is 5. The van der Waals surface area contributed by atoms with Crippen molar-refractivity contribution >= 4 is 17.6 Å². The molecule has 1 saturated carbocycles. The highest BCUT2D eigenvalue weighted by Crippen LogP contribution is 2.39. The fourth-order valence-electron chi connectivity index (χ4n) is 3.68. The number of aryl methyl sites for hydroxylation is 1. The lowest BCUT2D eigenvalue weighted by Crippen LogP contribution is -2.32. The lowest BCUT2D eigenvalue weighted by molar-refractivity contribution is -0.145. The van der Waals surface area contributed by atoms with Gasteiger partial charge in [-0.15, -0.1) is 0 Å². The van der Waals surface area contributed by atoms with Crippen LogP contribution in [0.15, 0.2) is 18.2 Å². The van der Waals surface area contributed by atoms with E-state index >= 15 is 0 Å². The summed E-state index contributed by atoms with van der Waals surface area (Å²) in [4.78, 5) is 11.5. The molecule has 0 spiro atoms. The van der Waals surface area contributed by atoms with Crippen molar-refractivity contribution in [2.24, 2.45) is 17.8 Å². The highest BCUT2D eigenvalue weighted by Gasteiger charge is 2.34. The molecule has 0 aromatic heterocycles. The number of carboxylic acid groups (broad SMARTS) is 1. The second-order valence-corrected chi connectivity index (χ2v) is 6.88. The number of hydrogen-bond donors (Lipinski definition) is 1. The highest BCUT2D eigenvalue weighted by molar-refractivity contribution is 6.31. The predicted molar refractivity (Wildman–Crippen MR) is 86.8 cm³/mol. The molecular formula is C18H25ClO2. The van der Waals surface area contributed by atoms with E-state index in [1.807, 2.05) is 13.0 Å². The number of halogens is 1. The molecule has 0 heterocycles. The molecule has 0 bridgehead atoms. The van der Waals surface area contributed by atoms with Gasteiger partial charge in [0.05, 0.1) is 5.92 Å². The third-order valence-electron chi connectivity index (χ3n) is 4.80. The van der Waals surface area contributed by atoms with E-state index < -0.39 is 5.97 Å². The molecule has 1 aromatic carbocycles. The van der Waals surface area contributed by atoms with Crippen molar-refractivity contribution in [1.82, 2.24) is 0 Å². The summed E-state index contributed by atoms with van der Waals surface area (Å²) < 4.78 is 0. The van der Waals surface area contributed by atoms with Crippen molar-refractivity contribution in [3.05, 3.63) is 34.3 Å². The summed E-state index contributed by atoms with van der Waals surface area (Å²) >= 11 is 6.33. The van der Waals surface area contributed by atoms with Crippen LogP contribution in [0.4, 0.5) is 0 Å². The lowest BCUT2D eigenvalue weighted by atomic mass is 9.70. The molecule has 1 aliphatic carbocycles. The first-order chi connectivity index (χ1) is 10.0. The van der Waals surface area contributed by atoms with E-state index in [2.05, 4.69) is 19.1 Å². The maximum Gasteiger partial charge on any atom is 0.306 e. The van der Waals surface area contributed by atoms with Gasteiger partial charge < -0.3 is 5.11 Å².